The van der Waals surface area contributed by atoms with Crippen molar-refractivity contribution < 1.29 is 14.6 Å². The third kappa shape index (κ3) is 5.49. The standard InChI is InChI=1S/C19H30N2O3/c1-15-6-5-7-17(12-15)24-14-16(22)13-20-8-10-21(11-9-20)18(23)19(2,3)4/h5-7,12,16,22H,8-11,13-14H2,1-4H3. The molecule has 0 radical (unpaired) electrons. The molecule has 2 rings (SSSR count). The van der Waals surface area contributed by atoms with Gasteiger partial charge in [0.1, 0.15) is 18.5 Å². The number of aliphatic hydroxyl groups excluding tert-OH is 1. The summed E-state index contributed by atoms with van der Waals surface area (Å²) in [6, 6.07) is 7.82. The van der Waals surface area contributed by atoms with E-state index < -0.39 is 6.10 Å². The van der Waals surface area contributed by atoms with Crippen molar-refractivity contribution in [1.82, 2.24) is 9.80 Å². The third-order valence-electron chi connectivity index (χ3n) is 4.20. The maximum absolute atomic E-state index is 12.3. The Kier molecular flexibility index (Phi) is 6.24. The fourth-order valence-corrected chi connectivity index (χ4v) is 2.86. The molecule has 1 saturated heterocycles. The Morgan fingerprint density at radius 2 is 1.92 bits per heavy atom. The topological polar surface area (TPSA) is 53.0 Å². The molecule has 0 aliphatic carbocycles. The van der Waals surface area contributed by atoms with E-state index in [1.54, 1.807) is 0 Å². The van der Waals surface area contributed by atoms with Crippen LogP contribution in [0.1, 0.15) is 26.3 Å². The van der Waals surface area contributed by atoms with Gasteiger partial charge in [0, 0.05) is 38.1 Å². The predicted octanol–water partition coefficient (Wildman–Crippen LogP) is 1.93. The van der Waals surface area contributed by atoms with E-state index in [0.29, 0.717) is 6.54 Å². The number of aryl methyl sites for hydroxylation is 1. The zero-order valence-electron chi connectivity index (χ0n) is 15.3. The molecule has 1 heterocycles. The lowest BCUT2D eigenvalue weighted by Gasteiger charge is -2.38. The number of hydrogen-bond donors (Lipinski definition) is 1. The molecule has 1 N–H and O–H groups in total. The van der Waals surface area contributed by atoms with Crippen LogP contribution in [-0.2, 0) is 4.79 Å². The van der Waals surface area contributed by atoms with E-state index >= 15 is 0 Å². The van der Waals surface area contributed by atoms with Gasteiger partial charge in [-0.05, 0) is 24.6 Å². The SMILES string of the molecule is Cc1cccc(OCC(O)CN2CCN(C(=O)C(C)(C)C)CC2)c1. The second-order valence-electron chi connectivity index (χ2n) is 7.62. The molecule has 1 amide bonds. The number of piperazine rings is 1. The summed E-state index contributed by atoms with van der Waals surface area (Å²) in [4.78, 5) is 16.4. The Labute approximate surface area is 145 Å². The van der Waals surface area contributed by atoms with Crippen molar-refractivity contribution in [2.75, 3.05) is 39.3 Å². The molecule has 24 heavy (non-hydrogen) atoms. The highest BCUT2D eigenvalue weighted by atomic mass is 16.5. The van der Waals surface area contributed by atoms with Gasteiger partial charge >= 0.3 is 0 Å². The zero-order chi connectivity index (χ0) is 17.7. The van der Waals surface area contributed by atoms with Crippen LogP contribution in [0.15, 0.2) is 24.3 Å². The first-order valence-electron chi connectivity index (χ1n) is 8.65. The quantitative estimate of drug-likeness (QED) is 0.894. The van der Waals surface area contributed by atoms with Gasteiger partial charge in [-0.3, -0.25) is 9.69 Å². The summed E-state index contributed by atoms with van der Waals surface area (Å²) in [5.74, 6) is 0.986. The number of hydrogen-bond acceptors (Lipinski definition) is 4. The zero-order valence-corrected chi connectivity index (χ0v) is 15.3. The molecule has 1 aliphatic rings. The fraction of sp³-hybridized carbons (Fsp3) is 0.632. The third-order valence-corrected chi connectivity index (χ3v) is 4.20. The number of aliphatic hydroxyl groups is 1. The Bertz CT molecular complexity index is 546. The molecular formula is C19H30N2O3. The molecule has 134 valence electrons. The molecule has 0 bridgehead atoms. The number of β-amino-alcohol motifs (C(OH)–C–C–N with tert-alkyl or cyclic N) is 1. The molecule has 5 nitrogen and oxygen atoms in total. The summed E-state index contributed by atoms with van der Waals surface area (Å²) in [7, 11) is 0. The summed E-state index contributed by atoms with van der Waals surface area (Å²) in [5.41, 5.74) is 0.810. The van der Waals surface area contributed by atoms with E-state index in [1.807, 2.05) is 56.9 Å². The van der Waals surface area contributed by atoms with E-state index in [2.05, 4.69) is 4.90 Å². The molecule has 5 heteroatoms. The van der Waals surface area contributed by atoms with Crippen LogP contribution in [0.2, 0.25) is 0 Å². The first-order chi connectivity index (χ1) is 11.3. The number of ether oxygens (including phenoxy) is 1. The maximum atomic E-state index is 12.3. The number of nitrogens with zero attached hydrogens (tertiary/aromatic N) is 2. The number of carbonyl (C=O) groups excluding carboxylic acids is 1. The predicted molar refractivity (Wildman–Crippen MR) is 95.2 cm³/mol. The van der Waals surface area contributed by atoms with Crippen molar-refractivity contribution >= 4 is 5.91 Å². The van der Waals surface area contributed by atoms with Gasteiger partial charge in [0.25, 0.3) is 0 Å². The lowest BCUT2D eigenvalue weighted by molar-refractivity contribution is -0.141. The van der Waals surface area contributed by atoms with E-state index in [-0.39, 0.29) is 17.9 Å². The molecule has 1 atom stereocenters. The first kappa shape index (κ1) is 18.7. The summed E-state index contributed by atoms with van der Waals surface area (Å²) < 4.78 is 5.65. The van der Waals surface area contributed by atoms with Crippen molar-refractivity contribution in [3.05, 3.63) is 29.8 Å². The van der Waals surface area contributed by atoms with E-state index in [4.69, 9.17) is 4.74 Å². The van der Waals surface area contributed by atoms with Crippen LogP contribution in [0, 0.1) is 12.3 Å². The number of carbonyl (C=O) groups is 1. The minimum atomic E-state index is -0.532. The highest BCUT2D eigenvalue weighted by Crippen LogP contribution is 2.18. The van der Waals surface area contributed by atoms with E-state index in [1.165, 1.54) is 0 Å². The average Bonchev–Trinajstić information content (AvgIpc) is 2.52. The summed E-state index contributed by atoms with van der Waals surface area (Å²) in [5, 5.41) is 10.2. The Hall–Kier alpha value is -1.59. The van der Waals surface area contributed by atoms with E-state index in [9.17, 15) is 9.90 Å². The molecule has 1 aromatic carbocycles. The van der Waals surface area contributed by atoms with Crippen LogP contribution in [0.5, 0.6) is 5.75 Å². The molecule has 1 unspecified atom stereocenters. The normalized spacial score (nSPS) is 17.6. The summed E-state index contributed by atoms with van der Waals surface area (Å²) in [6.07, 6.45) is -0.532. The van der Waals surface area contributed by atoms with Crippen molar-refractivity contribution in [1.29, 1.82) is 0 Å². The number of amides is 1. The highest BCUT2D eigenvalue weighted by molar-refractivity contribution is 5.81. The van der Waals surface area contributed by atoms with Gasteiger partial charge in [0.2, 0.25) is 5.91 Å². The van der Waals surface area contributed by atoms with Gasteiger partial charge in [-0.1, -0.05) is 32.9 Å². The number of benzene rings is 1. The molecule has 1 fully saturated rings. The lowest BCUT2D eigenvalue weighted by Crippen LogP contribution is -2.53. The van der Waals surface area contributed by atoms with Crippen LogP contribution in [0.3, 0.4) is 0 Å². The molecule has 0 spiro atoms. The average molecular weight is 334 g/mol. The summed E-state index contributed by atoms with van der Waals surface area (Å²) in [6.45, 7) is 11.8. The van der Waals surface area contributed by atoms with Crippen molar-refractivity contribution in [3.63, 3.8) is 0 Å². The summed E-state index contributed by atoms with van der Waals surface area (Å²) >= 11 is 0. The molecule has 1 aliphatic heterocycles. The van der Waals surface area contributed by atoms with Gasteiger partial charge in [-0.15, -0.1) is 0 Å². The van der Waals surface area contributed by atoms with Gasteiger partial charge in [-0.25, -0.2) is 0 Å². The first-order valence-corrected chi connectivity index (χ1v) is 8.65. The fourth-order valence-electron chi connectivity index (χ4n) is 2.86. The van der Waals surface area contributed by atoms with Crippen molar-refractivity contribution in [2.45, 2.75) is 33.8 Å². The number of rotatable bonds is 5. The molecular weight excluding hydrogens is 304 g/mol. The van der Waals surface area contributed by atoms with Gasteiger partial charge in [0.05, 0.1) is 0 Å². The molecule has 1 aromatic rings. The Balaban J connectivity index is 1.72. The lowest BCUT2D eigenvalue weighted by atomic mass is 9.94. The van der Waals surface area contributed by atoms with Crippen LogP contribution < -0.4 is 4.74 Å². The second kappa shape index (κ2) is 7.99. The van der Waals surface area contributed by atoms with Crippen molar-refractivity contribution in [3.8, 4) is 5.75 Å². The monoisotopic (exact) mass is 334 g/mol. The van der Waals surface area contributed by atoms with Gasteiger partial charge in [0.15, 0.2) is 0 Å². The molecule has 0 aromatic heterocycles. The second-order valence-corrected chi connectivity index (χ2v) is 7.62. The van der Waals surface area contributed by atoms with Gasteiger partial charge in [-0.2, -0.15) is 0 Å². The Morgan fingerprint density at radius 1 is 1.25 bits per heavy atom. The smallest absolute Gasteiger partial charge is 0.228 e. The van der Waals surface area contributed by atoms with E-state index in [0.717, 1.165) is 37.5 Å². The highest BCUT2D eigenvalue weighted by Gasteiger charge is 2.30. The largest absolute Gasteiger partial charge is 0.491 e. The van der Waals surface area contributed by atoms with Crippen LogP contribution in [-0.4, -0.2) is 66.2 Å². The minimum Gasteiger partial charge on any atom is -0.491 e. The van der Waals surface area contributed by atoms with Crippen LogP contribution >= 0.6 is 0 Å². The van der Waals surface area contributed by atoms with Crippen LogP contribution in [0.25, 0.3) is 0 Å². The maximum Gasteiger partial charge on any atom is 0.228 e. The minimum absolute atomic E-state index is 0.200. The van der Waals surface area contributed by atoms with Gasteiger partial charge < -0.3 is 14.7 Å². The van der Waals surface area contributed by atoms with Crippen molar-refractivity contribution in [2.24, 2.45) is 5.41 Å². The van der Waals surface area contributed by atoms with Crippen LogP contribution in [0.4, 0.5) is 0 Å². The Morgan fingerprint density at radius 3 is 2.50 bits per heavy atom. The molecule has 0 saturated carbocycles.